The number of piperazine rings is 1. The molecule has 2 saturated heterocycles. The highest BCUT2D eigenvalue weighted by Crippen LogP contribution is 2.34. The second-order valence-corrected chi connectivity index (χ2v) is 10.6. The van der Waals surface area contributed by atoms with E-state index in [9.17, 15) is 28.2 Å². The Morgan fingerprint density at radius 2 is 1.91 bits per heavy atom. The Bertz CT molecular complexity index is 1140. The first kappa shape index (κ1) is 22.6. The summed E-state index contributed by atoms with van der Waals surface area (Å²) >= 11 is 0. The van der Waals surface area contributed by atoms with Gasteiger partial charge >= 0.3 is 11.9 Å². The summed E-state index contributed by atoms with van der Waals surface area (Å²) in [4.78, 5) is 27.7. The number of aliphatic carboxylic acids is 2. The average molecular weight is 466 g/mol. The summed E-state index contributed by atoms with van der Waals surface area (Å²) in [7, 11) is -1.46. The number of nitrogens with zero attached hydrogens (tertiary/aromatic N) is 3. The number of sulfone groups is 1. The number of benzene rings is 1. The summed E-state index contributed by atoms with van der Waals surface area (Å²) in [6.07, 6.45) is 2.22. The summed E-state index contributed by atoms with van der Waals surface area (Å²) in [5, 5.41) is 20.0. The molecule has 0 saturated carbocycles. The summed E-state index contributed by atoms with van der Waals surface area (Å²) in [6, 6.07) is 4.23. The third-order valence-corrected chi connectivity index (χ3v) is 8.14. The second kappa shape index (κ2) is 8.72. The molecule has 1 aromatic carbocycles. The van der Waals surface area contributed by atoms with Gasteiger partial charge in [0.1, 0.15) is 18.3 Å². The van der Waals surface area contributed by atoms with Crippen molar-refractivity contribution in [2.75, 3.05) is 44.8 Å². The molecule has 2 aromatic rings. The molecule has 0 aliphatic carbocycles. The largest absolute Gasteiger partial charge is 0.497 e. The van der Waals surface area contributed by atoms with Gasteiger partial charge in [0.15, 0.2) is 9.84 Å². The zero-order valence-electron chi connectivity index (χ0n) is 17.8. The Morgan fingerprint density at radius 1 is 1.19 bits per heavy atom. The Balaban J connectivity index is 1.62. The Kier molecular flexibility index (Phi) is 6.15. The number of rotatable bonds is 7. The zero-order valence-corrected chi connectivity index (χ0v) is 18.6. The standard InChI is InChI=1S/C21H27N3O7S/c1-31-15-2-3-18-16(10-15)17(11-24(18)12-19(25)26)20(21(27)28)23-7-5-22(6-8-23)14-4-9-32(29,30)13-14/h2-3,10-11,14,20H,4-9,12-13H2,1H3,(H,25,26)(H,27,28)/t14-,20+/m1/s1. The molecule has 0 unspecified atom stereocenters. The number of carboxylic acids is 2. The Hall–Kier alpha value is -2.63. The molecule has 2 fully saturated rings. The first-order valence-electron chi connectivity index (χ1n) is 10.5. The van der Waals surface area contributed by atoms with Gasteiger partial charge in [-0.2, -0.15) is 0 Å². The lowest BCUT2D eigenvalue weighted by atomic mass is 10.0. The second-order valence-electron chi connectivity index (χ2n) is 8.36. The van der Waals surface area contributed by atoms with E-state index < -0.39 is 27.8 Å². The molecule has 2 N–H and O–H groups in total. The van der Waals surface area contributed by atoms with Crippen molar-refractivity contribution in [2.45, 2.75) is 25.0 Å². The molecule has 11 heteroatoms. The lowest BCUT2D eigenvalue weighted by Gasteiger charge is -2.40. The van der Waals surface area contributed by atoms with Crippen LogP contribution in [0, 0.1) is 0 Å². The van der Waals surface area contributed by atoms with Gasteiger partial charge in [-0.3, -0.25) is 19.4 Å². The lowest BCUT2D eigenvalue weighted by Crippen LogP contribution is -2.52. The number of hydrogen-bond donors (Lipinski definition) is 2. The van der Waals surface area contributed by atoms with E-state index >= 15 is 0 Å². The Morgan fingerprint density at radius 3 is 2.47 bits per heavy atom. The number of hydrogen-bond acceptors (Lipinski definition) is 7. The van der Waals surface area contributed by atoms with E-state index in [4.69, 9.17) is 4.74 Å². The van der Waals surface area contributed by atoms with Crippen LogP contribution in [0.25, 0.3) is 10.9 Å². The molecule has 0 radical (unpaired) electrons. The third kappa shape index (κ3) is 4.45. The van der Waals surface area contributed by atoms with Crippen molar-refractivity contribution in [3.05, 3.63) is 30.0 Å². The van der Waals surface area contributed by atoms with Crippen molar-refractivity contribution in [2.24, 2.45) is 0 Å². The molecule has 3 heterocycles. The quantitative estimate of drug-likeness (QED) is 0.606. The van der Waals surface area contributed by atoms with Crippen LogP contribution in [0.15, 0.2) is 24.4 Å². The summed E-state index contributed by atoms with van der Waals surface area (Å²) < 4.78 is 30.5. The normalized spacial score (nSPS) is 22.7. The van der Waals surface area contributed by atoms with E-state index in [-0.39, 0.29) is 24.1 Å². The molecule has 1 aromatic heterocycles. The highest BCUT2D eigenvalue weighted by atomic mass is 32.2. The van der Waals surface area contributed by atoms with Crippen LogP contribution >= 0.6 is 0 Å². The van der Waals surface area contributed by atoms with Crippen LogP contribution in [0.4, 0.5) is 0 Å². The maximum Gasteiger partial charge on any atom is 0.325 e. The minimum absolute atomic E-state index is 0.00725. The Labute approximate surface area is 185 Å². The van der Waals surface area contributed by atoms with Crippen molar-refractivity contribution >= 4 is 32.7 Å². The topological polar surface area (TPSA) is 129 Å². The summed E-state index contributed by atoms with van der Waals surface area (Å²) in [5.41, 5.74) is 1.15. The first-order chi connectivity index (χ1) is 15.2. The number of carbonyl (C=O) groups is 2. The van der Waals surface area contributed by atoms with Crippen LogP contribution in [0.2, 0.25) is 0 Å². The minimum atomic E-state index is -2.98. The van der Waals surface area contributed by atoms with E-state index in [1.54, 1.807) is 29.0 Å². The molecule has 2 atom stereocenters. The molecule has 2 aliphatic heterocycles. The number of fused-ring (bicyclic) bond motifs is 1. The fraction of sp³-hybridized carbons (Fsp3) is 0.524. The molecular formula is C21H27N3O7S. The van der Waals surface area contributed by atoms with Crippen LogP contribution in [-0.2, 0) is 26.0 Å². The summed E-state index contributed by atoms with van der Waals surface area (Å²) in [5.74, 6) is -1.10. The molecule has 174 valence electrons. The lowest BCUT2D eigenvalue weighted by molar-refractivity contribution is -0.144. The van der Waals surface area contributed by atoms with Crippen molar-refractivity contribution in [1.29, 1.82) is 0 Å². The summed E-state index contributed by atoms with van der Waals surface area (Å²) in [6.45, 7) is 1.84. The number of ether oxygens (including phenoxy) is 1. The van der Waals surface area contributed by atoms with Crippen molar-refractivity contribution < 1.29 is 33.0 Å². The fourth-order valence-electron chi connectivity index (χ4n) is 4.84. The van der Waals surface area contributed by atoms with E-state index in [0.717, 1.165) is 0 Å². The molecule has 0 spiro atoms. The average Bonchev–Trinajstić information content (AvgIpc) is 3.27. The van der Waals surface area contributed by atoms with Gasteiger partial charge in [-0.1, -0.05) is 0 Å². The number of methoxy groups -OCH3 is 1. The van der Waals surface area contributed by atoms with E-state index in [1.807, 2.05) is 4.90 Å². The molecular weight excluding hydrogens is 438 g/mol. The molecule has 10 nitrogen and oxygen atoms in total. The monoisotopic (exact) mass is 465 g/mol. The van der Waals surface area contributed by atoms with Crippen molar-refractivity contribution in [3.63, 3.8) is 0 Å². The molecule has 4 rings (SSSR count). The zero-order chi connectivity index (χ0) is 23.0. The van der Waals surface area contributed by atoms with Gasteiger partial charge in [0.25, 0.3) is 0 Å². The minimum Gasteiger partial charge on any atom is -0.497 e. The van der Waals surface area contributed by atoms with Gasteiger partial charge in [-0.05, 0) is 24.6 Å². The van der Waals surface area contributed by atoms with Crippen LogP contribution in [0.3, 0.4) is 0 Å². The van der Waals surface area contributed by atoms with Crippen LogP contribution < -0.4 is 4.74 Å². The van der Waals surface area contributed by atoms with Crippen LogP contribution in [0.5, 0.6) is 5.75 Å². The molecule has 0 bridgehead atoms. The van der Waals surface area contributed by atoms with Gasteiger partial charge in [0.2, 0.25) is 0 Å². The van der Waals surface area contributed by atoms with E-state index in [0.29, 0.717) is 54.8 Å². The van der Waals surface area contributed by atoms with Gasteiger partial charge in [0, 0.05) is 54.9 Å². The van der Waals surface area contributed by atoms with Crippen LogP contribution in [0.1, 0.15) is 18.0 Å². The maximum absolute atomic E-state index is 12.4. The van der Waals surface area contributed by atoms with Gasteiger partial charge < -0.3 is 19.5 Å². The smallest absolute Gasteiger partial charge is 0.325 e. The van der Waals surface area contributed by atoms with Crippen molar-refractivity contribution in [1.82, 2.24) is 14.4 Å². The SMILES string of the molecule is COc1ccc2c(c1)c([C@@H](C(=O)O)N1CCN([C@@H]3CCS(=O)(=O)C3)CC1)cn2CC(=O)O. The first-order valence-corrected chi connectivity index (χ1v) is 12.3. The van der Waals surface area contributed by atoms with Crippen LogP contribution in [-0.4, -0.2) is 95.8 Å². The predicted octanol–water partition coefficient (Wildman–Crippen LogP) is 0.665. The molecule has 0 amide bonds. The van der Waals surface area contributed by atoms with Crippen molar-refractivity contribution in [3.8, 4) is 5.75 Å². The molecule has 32 heavy (non-hydrogen) atoms. The van der Waals surface area contributed by atoms with Gasteiger partial charge in [-0.25, -0.2) is 8.42 Å². The maximum atomic E-state index is 12.4. The fourth-order valence-corrected chi connectivity index (χ4v) is 6.60. The molecule has 2 aliphatic rings. The van der Waals surface area contributed by atoms with E-state index in [1.165, 1.54) is 7.11 Å². The highest BCUT2D eigenvalue weighted by Gasteiger charge is 2.37. The number of carboxylic acid groups (broad SMARTS) is 2. The van der Waals surface area contributed by atoms with Gasteiger partial charge in [-0.15, -0.1) is 0 Å². The number of aromatic nitrogens is 1. The highest BCUT2D eigenvalue weighted by molar-refractivity contribution is 7.91. The van der Waals surface area contributed by atoms with E-state index in [2.05, 4.69) is 4.90 Å². The van der Waals surface area contributed by atoms with Gasteiger partial charge in [0.05, 0.1) is 18.6 Å². The third-order valence-electron chi connectivity index (χ3n) is 6.39. The predicted molar refractivity (Wildman–Crippen MR) is 117 cm³/mol.